The van der Waals surface area contributed by atoms with Gasteiger partial charge in [0.15, 0.2) is 0 Å². The van der Waals surface area contributed by atoms with Crippen molar-refractivity contribution in [2.45, 2.75) is 18.9 Å². The Balaban J connectivity index is 1.30. The van der Waals surface area contributed by atoms with Gasteiger partial charge >= 0.3 is 0 Å². The highest BCUT2D eigenvalue weighted by atomic mass is 32.1. The lowest BCUT2D eigenvalue weighted by Crippen LogP contribution is -2.47. The van der Waals surface area contributed by atoms with Crippen molar-refractivity contribution in [3.8, 4) is 0 Å². The Morgan fingerprint density at radius 3 is 2.86 bits per heavy atom. The smallest absolute Gasteiger partial charge is 0.270 e. The van der Waals surface area contributed by atoms with Crippen LogP contribution in [0.1, 0.15) is 33.0 Å². The van der Waals surface area contributed by atoms with E-state index in [9.17, 15) is 9.59 Å². The van der Waals surface area contributed by atoms with Gasteiger partial charge in [0, 0.05) is 61.6 Å². The summed E-state index contributed by atoms with van der Waals surface area (Å²) >= 11 is 1.45. The standard InChI is InChI=1S/C20H25N5O2S/c26-19(23-15-7-13-1-4-24(11-13)12-15)16-9-17-14(10-22-16)8-18(28-17)20(27)25-5-2-21-3-6-25/h8-10,13,15,21H,1-7,11-12H2,(H,23,26)/t13-,15-/m1/s1. The van der Waals surface area contributed by atoms with E-state index in [2.05, 4.69) is 20.5 Å². The maximum Gasteiger partial charge on any atom is 0.270 e. The third-order valence-corrected chi connectivity index (χ3v) is 7.14. The summed E-state index contributed by atoms with van der Waals surface area (Å²) in [5.41, 5.74) is 0.434. The second-order valence-corrected chi connectivity index (χ2v) is 9.16. The average molecular weight is 400 g/mol. The summed E-state index contributed by atoms with van der Waals surface area (Å²) < 4.78 is 0.936. The van der Waals surface area contributed by atoms with Crippen molar-refractivity contribution < 1.29 is 9.59 Å². The first-order chi connectivity index (χ1) is 13.7. The summed E-state index contributed by atoms with van der Waals surface area (Å²) in [6.07, 6.45) is 4.02. The van der Waals surface area contributed by atoms with E-state index >= 15 is 0 Å². The Kier molecular flexibility index (Phi) is 4.78. The number of rotatable bonds is 3. The van der Waals surface area contributed by atoms with Crippen LogP contribution in [0.3, 0.4) is 0 Å². The van der Waals surface area contributed by atoms with Crippen molar-refractivity contribution in [3.63, 3.8) is 0 Å². The van der Waals surface area contributed by atoms with Gasteiger partial charge in [0.05, 0.1) is 4.88 Å². The van der Waals surface area contributed by atoms with Crippen LogP contribution in [0.15, 0.2) is 18.3 Å². The Hall–Kier alpha value is -2.03. The molecule has 2 amide bonds. The molecule has 5 rings (SSSR count). The molecule has 0 spiro atoms. The molecule has 0 radical (unpaired) electrons. The van der Waals surface area contributed by atoms with E-state index in [0.29, 0.717) is 16.5 Å². The molecule has 0 aliphatic carbocycles. The van der Waals surface area contributed by atoms with Crippen LogP contribution in [-0.2, 0) is 0 Å². The molecule has 3 saturated heterocycles. The Bertz CT molecular complexity index is 895. The molecule has 0 saturated carbocycles. The van der Waals surface area contributed by atoms with Gasteiger partial charge in [-0.2, -0.15) is 0 Å². The van der Waals surface area contributed by atoms with Crippen LogP contribution in [-0.4, -0.2) is 78.5 Å². The second kappa shape index (κ2) is 7.42. The zero-order chi connectivity index (χ0) is 19.1. The monoisotopic (exact) mass is 399 g/mol. The second-order valence-electron chi connectivity index (χ2n) is 8.08. The average Bonchev–Trinajstić information content (AvgIpc) is 3.30. The predicted molar refractivity (Wildman–Crippen MR) is 109 cm³/mol. The number of nitrogens with one attached hydrogen (secondary N) is 2. The van der Waals surface area contributed by atoms with Crippen molar-refractivity contribution in [2.24, 2.45) is 5.92 Å². The number of piperidine rings is 1. The first-order valence-electron chi connectivity index (χ1n) is 10.1. The SMILES string of the molecule is O=C(N[C@@H]1C[C@H]2CCN(C2)C1)c1cc2sc(C(=O)N3CCNCC3)cc2cn1. The van der Waals surface area contributed by atoms with Gasteiger partial charge in [-0.05, 0) is 37.4 Å². The topological polar surface area (TPSA) is 77.6 Å². The van der Waals surface area contributed by atoms with Gasteiger partial charge in [-0.3, -0.25) is 14.6 Å². The largest absolute Gasteiger partial charge is 0.347 e. The van der Waals surface area contributed by atoms with Gasteiger partial charge in [-0.25, -0.2) is 0 Å². The van der Waals surface area contributed by atoms with Gasteiger partial charge < -0.3 is 20.4 Å². The number of aromatic nitrogens is 1. The molecule has 0 aromatic carbocycles. The number of piperazine rings is 1. The normalized spacial score (nSPS) is 27.1. The molecule has 3 atom stereocenters. The first kappa shape index (κ1) is 18.0. The maximum absolute atomic E-state index is 12.7. The summed E-state index contributed by atoms with van der Waals surface area (Å²) in [5.74, 6) is 0.670. The lowest BCUT2D eigenvalue weighted by atomic mass is 9.97. The van der Waals surface area contributed by atoms with Crippen LogP contribution < -0.4 is 10.6 Å². The number of thiophene rings is 1. The van der Waals surface area contributed by atoms with Gasteiger partial charge in [-0.15, -0.1) is 11.3 Å². The van der Waals surface area contributed by atoms with E-state index in [1.165, 1.54) is 24.3 Å². The molecular formula is C20H25N5O2S. The molecule has 7 nitrogen and oxygen atoms in total. The lowest BCUT2D eigenvalue weighted by Gasteiger charge is -2.30. The van der Waals surface area contributed by atoms with Gasteiger partial charge in [0.1, 0.15) is 5.69 Å². The highest BCUT2D eigenvalue weighted by Crippen LogP contribution is 2.28. The van der Waals surface area contributed by atoms with E-state index in [4.69, 9.17) is 0 Å². The van der Waals surface area contributed by atoms with E-state index in [-0.39, 0.29) is 17.9 Å². The highest BCUT2D eigenvalue weighted by molar-refractivity contribution is 7.20. The Morgan fingerprint density at radius 2 is 2.04 bits per heavy atom. The molecule has 3 aliphatic rings. The van der Waals surface area contributed by atoms with Crippen LogP contribution in [0.2, 0.25) is 0 Å². The highest BCUT2D eigenvalue weighted by Gasteiger charge is 2.33. The van der Waals surface area contributed by atoms with Crippen molar-refractivity contribution >= 4 is 33.2 Å². The number of carbonyl (C=O) groups is 2. The molecule has 3 aliphatic heterocycles. The molecule has 8 heteroatoms. The number of amides is 2. The van der Waals surface area contributed by atoms with Crippen molar-refractivity contribution in [1.29, 1.82) is 0 Å². The Morgan fingerprint density at radius 1 is 1.18 bits per heavy atom. The number of hydrogen-bond donors (Lipinski definition) is 2. The first-order valence-corrected chi connectivity index (χ1v) is 10.9. The molecule has 2 aromatic rings. The number of pyridine rings is 1. The fraction of sp³-hybridized carbons (Fsp3) is 0.550. The summed E-state index contributed by atoms with van der Waals surface area (Å²) in [6, 6.07) is 3.92. The summed E-state index contributed by atoms with van der Waals surface area (Å²) in [7, 11) is 0. The minimum absolute atomic E-state index is 0.0698. The third kappa shape index (κ3) is 3.52. The predicted octanol–water partition coefficient (Wildman–Crippen LogP) is 1.17. The van der Waals surface area contributed by atoms with Crippen LogP contribution in [0.4, 0.5) is 0 Å². The fourth-order valence-electron chi connectivity index (χ4n) is 4.61. The number of fused-ring (bicyclic) bond motifs is 3. The van der Waals surface area contributed by atoms with Crippen LogP contribution >= 0.6 is 11.3 Å². The van der Waals surface area contributed by atoms with Crippen molar-refractivity contribution in [1.82, 2.24) is 25.4 Å². The molecule has 148 valence electrons. The van der Waals surface area contributed by atoms with Crippen LogP contribution in [0.5, 0.6) is 0 Å². The number of hydrogen-bond acceptors (Lipinski definition) is 6. The third-order valence-electron chi connectivity index (χ3n) is 6.05. The molecule has 3 fully saturated rings. The zero-order valence-corrected chi connectivity index (χ0v) is 16.6. The van der Waals surface area contributed by atoms with Gasteiger partial charge in [0.25, 0.3) is 11.8 Å². The molecule has 28 heavy (non-hydrogen) atoms. The lowest BCUT2D eigenvalue weighted by molar-refractivity contribution is 0.0740. The van der Waals surface area contributed by atoms with Crippen molar-refractivity contribution in [2.75, 3.05) is 45.8 Å². The Labute approximate surface area is 168 Å². The fourth-order valence-corrected chi connectivity index (χ4v) is 5.65. The van der Waals surface area contributed by atoms with E-state index in [0.717, 1.165) is 55.8 Å². The summed E-state index contributed by atoms with van der Waals surface area (Å²) in [5, 5.41) is 7.34. The van der Waals surface area contributed by atoms with Crippen LogP contribution in [0, 0.1) is 5.92 Å². The maximum atomic E-state index is 12.7. The van der Waals surface area contributed by atoms with E-state index in [1.54, 1.807) is 6.20 Å². The number of nitrogens with zero attached hydrogens (tertiary/aromatic N) is 3. The molecule has 2 bridgehead atoms. The minimum atomic E-state index is -0.113. The zero-order valence-electron chi connectivity index (χ0n) is 15.8. The van der Waals surface area contributed by atoms with Gasteiger partial charge in [0.2, 0.25) is 0 Å². The quantitative estimate of drug-likeness (QED) is 0.810. The summed E-state index contributed by atoms with van der Waals surface area (Å²) in [4.78, 5) is 34.8. The number of carbonyl (C=O) groups excluding carboxylic acids is 2. The molecule has 2 aromatic heterocycles. The van der Waals surface area contributed by atoms with Crippen molar-refractivity contribution in [3.05, 3.63) is 28.9 Å². The molecular weight excluding hydrogens is 374 g/mol. The molecule has 1 unspecified atom stereocenters. The minimum Gasteiger partial charge on any atom is -0.347 e. The van der Waals surface area contributed by atoms with Gasteiger partial charge in [-0.1, -0.05) is 0 Å². The summed E-state index contributed by atoms with van der Waals surface area (Å²) in [6.45, 7) is 6.41. The molecule has 5 heterocycles. The van der Waals surface area contributed by atoms with Crippen LogP contribution in [0.25, 0.3) is 10.1 Å². The van der Waals surface area contributed by atoms with E-state index in [1.807, 2.05) is 17.0 Å². The van der Waals surface area contributed by atoms with E-state index < -0.39 is 0 Å². The molecule has 2 N–H and O–H groups in total.